The van der Waals surface area contributed by atoms with Gasteiger partial charge >= 0.3 is 0 Å². The molecule has 1 saturated carbocycles. The second-order valence-electron chi connectivity index (χ2n) is 5.77. The SMILES string of the molecule is CCc1ccc(-c2nc(C(=O)NN=C3CCCCC3)cs2)cc1. The maximum absolute atomic E-state index is 12.2. The fourth-order valence-electron chi connectivity index (χ4n) is 2.65. The lowest BCUT2D eigenvalue weighted by molar-refractivity contribution is 0.0950. The van der Waals surface area contributed by atoms with Crippen molar-refractivity contribution in [1.29, 1.82) is 0 Å². The number of benzene rings is 1. The smallest absolute Gasteiger partial charge is 0.266 e. The highest BCUT2D eigenvalue weighted by molar-refractivity contribution is 7.13. The molecule has 1 aliphatic carbocycles. The normalized spacial score (nSPS) is 14.6. The van der Waals surface area contributed by atoms with Crippen LogP contribution in [0, 0.1) is 0 Å². The summed E-state index contributed by atoms with van der Waals surface area (Å²) >= 11 is 1.49. The lowest BCUT2D eigenvalue weighted by atomic mass is 9.99. The first-order valence-corrected chi connectivity index (χ1v) is 9.05. The van der Waals surface area contributed by atoms with Crippen molar-refractivity contribution >= 4 is 23.0 Å². The second kappa shape index (κ2) is 7.51. The van der Waals surface area contributed by atoms with Gasteiger partial charge in [0, 0.05) is 16.7 Å². The summed E-state index contributed by atoms with van der Waals surface area (Å²) in [6.07, 6.45) is 6.61. The minimum absolute atomic E-state index is 0.226. The zero-order valence-corrected chi connectivity index (χ0v) is 14.2. The van der Waals surface area contributed by atoms with Crippen molar-refractivity contribution in [2.75, 3.05) is 0 Å². The van der Waals surface area contributed by atoms with Gasteiger partial charge in [-0.3, -0.25) is 4.79 Å². The Balaban J connectivity index is 1.66. The minimum atomic E-state index is -0.226. The molecule has 1 aromatic heterocycles. The number of hydrogen-bond donors (Lipinski definition) is 1. The van der Waals surface area contributed by atoms with Gasteiger partial charge in [0.2, 0.25) is 0 Å². The van der Waals surface area contributed by atoms with Crippen molar-refractivity contribution < 1.29 is 4.79 Å². The predicted octanol–water partition coefficient (Wildman–Crippen LogP) is 4.42. The van der Waals surface area contributed by atoms with Gasteiger partial charge in [0.25, 0.3) is 5.91 Å². The molecule has 5 heteroatoms. The number of hydrogen-bond acceptors (Lipinski definition) is 4. The van der Waals surface area contributed by atoms with E-state index in [-0.39, 0.29) is 5.91 Å². The molecule has 0 unspecified atom stereocenters. The van der Waals surface area contributed by atoms with Crippen LogP contribution in [-0.2, 0) is 6.42 Å². The van der Waals surface area contributed by atoms with E-state index in [1.807, 2.05) is 0 Å². The average Bonchev–Trinajstić information content (AvgIpc) is 3.11. The third kappa shape index (κ3) is 4.05. The molecule has 3 rings (SSSR count). The fourth-order valence-corrected chi connectivity index (χ4v) is 3.46. The topological polar surface area (TPSA) is 54.4 Å². The molecule has 0 atom stereocenters. The van der Waals surface area contributed by atoms with E-state index in [2.05, 4.69) is 46.7 Å². The van der Waals surface area contributed by atoms with Crippen LogP contribution in [0.5, 0.6) is 0 Å². The summed E-state index contributed by atoms with van der Waals surface area (Å²) in [6.45, 7) is 2.13. The van der Waals surface area contributed by atoms with Gasteiger partial charge < -0.3 is 0 Å². The Morgan fingerprint density at radius 3 is 2.65 bits per heavy atom. The van der Waals surface area contributed by atoms with Crippen LogP contribution in [0.4, 0.5) is 0 Å². The Labute approximate surface area is 140 Å². The Hall–Kier alpha value is -2.01. The quantitative estimate of drug-likeness (QED) is 0.845. The maximum Gasteiger partial charge on any atom is 0.290 e. The van der Waals surface area contributed by atoms with Gasteiger partial charge in [0.1, 0.15) is 10.7 Å². The van der Waals surface area contributed by atoms with E-state index < -0.39 is 0 Å². The van der Waals surface area contributed by atoms with Crippen molar-refractivity contribution in [3.63, 3.8) is 0 Å². The molecule has 2 aromatic rings. The van der Waals surface area contributed by atoms with Crippen LogP contribution in [0.25, 0.3) is 10.6 Å². The first kappa shape index (κ1) is 15.9. The van der Waals surface area contributed by atoms with Crippen LogP contribution in [-0.4, -0.2) is 16.6 Å². The number of aryl methyl sites for hydroxylation is 1. The number of nitrogens with zero attached hydrogens (tertiary/aromatic N) is 2. The Morgan fingerprint density at radius 1 is 1.22 bits per heavy atom. The van der Waals surface area contributed by atoms with Crippen LogP contribution in [0.2, 0.25) is 0 Å². The van der Waals surface area contributed by atoms with E-state index in [0.29, 0.717) is 5.69 Å². The maximum atomic E-state index is 12.2. The summed E-state index contributed by atoms with van der Waals surface area (Å²) in [5, 5.41) is 6.90. The molecular formula is C18H21N3OS. The van der Waals surface area contributed by atoms with E-state index >= 15 is 0 Å². The second-order valence-corrected chi connectivity index (χ2v) is 6.63. The fraction of sp³-hybridized carbons (Fsp3) is 0.389. The van der Waals surface area contributed by atoms with Crippen molar-refractivity contribution in [2.45, 2.75) is 45.4 Å². The molecule has 0 radical (unpaired) electrons. The standard InChI is InChI=1S/C18H21N3OS/c1-2-13-8-10-14(11-9-13)18-19-16(12-23-18)17(22)21-20-15-6-4-3-5-7-15/h8-12H,2-7H2,1H3,(H,21,22). The van der Waals surface area contributed by atoms with E-state index in [1.165, 1.54) is 36.2 Å². The Kier molecular flexibility index (Phi) is 5.18. The summed E-state index contributed by atoms with van der Waals surface area (Å²) in [7, 11) is 0. The molecule has 0 bridgehead atoms. The highest BCUT2D eigenvalue weighted by Crippen LogP contribution is 2.24. The summed E-state index contributed by atoms with van der Waals surface area (Å²) in [4.78, 5) is 16.6. The highest BCUT2D eigenvalue weighted by Gasteiger charge is 2.12. The molecule has 1 amide bonds. The Morgan fingerprint density at radius 2 is 1.96 bits per heavy atom. The van der Waals surface area contributed by atoms with Gasteiger partial charge in [0.15, 0.2) is 0 Å². The van der Waals surface area contributed by atoms with E-state index in [9.17, 15) is 4.79 Å². The molecule has 1 fully saturated rings. The summed E-state index contributed by atoms with van der Waals surface area (Å²) in [5.41, 5.74) is 6.52. The number of thiazole rings is 1. The zero-order valence-electron chi connectivity index (χ0n) is 13.3. The predicted molar refractivity (Wildman–Crippen MR) is 94.9 cm³/mol. The van der Waals surface area contributed by atoms with Gasteiger partial charge in [-0.25, -0.2) is 10.4 Å². The average molecular weight is 327 g/mol. The van der Waals surface area contributed by atoms with Crippen LogP contribution >= 0.6 is 11.3 Å². The lowest BCUT2D eigenvalue weighted by Crippen LogP contribution is -2.21. The number of hydrazone groups is 1. The number of aromatic nitrogens is 1. The molecule has 1 aromatic carbocycles. The van der Waals surface area contributed by atoms with E-state index in [0.717, 1.165) is 35.5 Å². The highest BCUT2D eigenvalue weighted by atomic mass is 32.1. The molecule has 1 aliphatic rings. The molecular weight excluding hydrogens is 306 g/mol. The minimum Gasteiger partial charge on any atom is -0.266 e. The van der Waals surface area contributed by atoms with Gasteiger partial charge in [-0.1, -0.05) is 37.6 Å². The van der Waals surface area contributed by atoms with Crippen molar-refractivity contribution in [3.05, 3.63) is 40.9 Å². The summed E-state index contributed by atoms with van der Waals surface area (Å²) in [6, 6.07) is 8.32. The number of rotatable bonds is 4. The van der Waals surface area contributed by atoms with E-state index in [4.69, 9.17) is 0 Å². The van der Waals surface area contributed by atoms with Crippen LogP contribution < -0.4 is 5.43 Å². The van der Waals surface area contributed by atoms with Gasteiger partial charge in [-0.15, -0.1) is 11.3 Å². The molecule has 1 heterocycles. The molecule has 4 nitrogen and oxygen atoms in total. The van der Waals surface area contributed by atoms with Crippen molar-refractivity contribution in [1.82, 2.24) is 10.4 Å². The van der Waals surface area contributed by atoms with Gasteiger partial charge in [0.05, 0.1) is 0 Å². The molecule has 0 aliphatic heterocycles. The summed E-state index contributed by atoms with van der Waals surface area (Å²) in [5.74, 6) is -0.226. The Bertz CT molecular complexity index is 695. The molecule has 1 N–H and O–H groups in total. The molecule has 0 saturated heterocycles. The van der Waals surface area contributed by atoms with Gasteiger partial charge in [-0.05, 0) is 37.7 Å². The number of carbonyl (C=O) groups excluding carboxylic acids is 1. The first-order valence-electron chi connectivity index (χ1n) is 8.17. The van der Waals surface area contributed by atoms with Gasteiger partial charge in [-0.2, -0.15) is 5.10 Å². The largest absolute Gasteiger partial charge is 0.290 e. The van der Waals surface area contributed by atoms with Crippen LogP contribution in [0.15, 0.2) is 34.7 Å². The van der Waals surface area contributed by atoms with E-state index in [1.54, 1.807) is 5.38 Å². The third-order valence-corrected chi connectivity index (χ3v) is 4.98. The van der Waals surface area contributed by atoms with Crippen molar-refractivity contribution in [2.24, 2.45) is 5.10 Å². The monoisotopic (exact) mass is 327 g/mol. The molecule has 120 valence electrons. The molecule has 23 heavy (non-hydrogen) atoms. The number of amides is 1. The van der Waals surface area contributed by atoms with Crippen LogP contribution in [0.3, 0.4) is 0 Å². The van der Waals surface area contributed by atoms with Crippen molar-refractivity contribution in [3.8, 4) is 10.6 Å². The van der Waals surface area contributed by atoms with Crippen LogP contribution in [0.1, 0.15) is 55.1 Å². The number of carbonyl (C=O) groups is 1. The summed E-state index contributed by atoms with van der Waals surface area (Å²) < 4.78 is 0. The zero-order chi connectivity index (χ0) is 16.1. The lowest BCUT2D eigenvalue weighted by Gasteiger charge is -2.11. The third-order valence-electron chi connectivity index (χ3n) is 4.09. The molecule has 0 spiro atoms. The first-order chi connectivity index (χ1) is 11.3. The number of nitrogens with one attached hydrogen (secondary N) is 1.